The van der Waals surface area contributed by atoms with Crippen LogP contribution in [-0.4, -0.2) is 17.1 Å². The van der Waals surface area contributed by atoms with E-state index >= 15 is 0 Å². The number of anilines is 1. The fraction of sp³-hybridized carbons (Fsp3) is 0.176. The highest BCUT2D eigenvalue weighted by atomic mass is 16.5. The zero-order valence-electron chi connectivity index (χ0n) is 12.1. The highest BCUT2D eigenvalue weighted by Gasteiger charge is 2.05. The molecule has 2 aromatic heterocycles. The Morgan fingerprint density at radius 3 is 2.67 bits per heavy atom. The molecule has 0 saturated heterocycles. The average molecular weight is 279 g/mol. The summed E-state index contributed by atoms with van der Waals surface area (Å²) in [4.78, 5) is 8.60. The molecule has 0 bridgehead atoms. The molecule has 0 radical (unpaired) electrons. The molecule has 2 heterocycles. The second-order valence-corrected chi connectivity index (χ2v) is 4.90. The van der Waals surface area contributed by atoms with Gasteiger partial charge < -0.3 is 10.1 Å². The van der Waals surface area contributed by atoms with Gasteiger partial charge in [0.15, 0.2) is 0 Å². The van der Waals surface area contributed by atoms with Gasteiger partial charge in [0.05, 0.1) is 12.6 Å². The van der Waals surface area contributed by atoms with Crippen molar-refractivity contribution in [3.8, 4) is 5.75 Å². The number of nitrogens with zero attached hydrogens (tertiary/aromatic N) is 2. The molecule has 0 aliphatic heterocycles. The summed E-state index contributed by atoms with van der Waals surface area (Å²) in [5.74, 6) is 0.820. The number of hydrogen-bond donors (Lipinski definition) is 1. The lowest BCUT2D eigenvalue weighted by Gasteiger charge is -2.11. The van der Waals surface area contributed by atoms with Crippen LogP contribution < -0.4 is 10.1 Å². The second kappa shape index (κ2) is 5.79. The van der Waals surface area contributed by atoms with Crippen molar-refractivity contribution < 1.29 is 4.74 Å². The van der Waals surface area contributed by atoms with E-state index in [9.17, 15) is 0 Å². The average Bonchev–Trinajstić information content (AvgIpc) is 2.52. The van der Waals surface area contributed by atoms with E-state index in [1.165, 1.54) is 5.56 Å². The molecule has 0 saturated carbocycles. The lowest BCUT2D eigenvalue weighted by Crippen LogP contribution is -2.01. The van der Waals surface area contributed by atoms with Crippen LogP contribution in [-0.2, 0) is 6.54 Å². The van der Waals surface area contributed by atoms with Gasteiger partial charge in [-0.1, -0.05) is 0 Å². The number of benzene rings is 1. The summed E-state index contributed by atoms with van der Waals surface area (Å²) in [5, 5.41) is 4.57. The van der Waals surface area contributed by atoms with E-state index < -0.39 is 0 Å². The smallest absolute Gasteiger partial charge is 0.121 e. The summed E-state index contributed by atoms with van der Waals surface area (Å²) in [6.07, 6.45) is 3.61. The third-order valence-corrected chi connectivity index (χ3v) is 3.38. The molecule has 0 fully saturated rings. The van der Waals surface area contributed by atoms with Gasteiger partial charge in [-0.2, -0.15) is 0 Å². The van der Waals surface area contributed by atoms with E-state index in [0.717, 1.165) is 34.6 Å². The molecular weight excluding hydrogens is 262 g/mol. The number of fused-ring (bicyclic) bond motifs is 1. The van der Waals surface area contributed by atoms with Crippen LogP contribution in [0, 0.1) is 6.92 Å². The van der Waals surface area contributed by atoms with Gasteiger partial charge in [0.1, 0.15) is 5.75 Å². The predicted octanol–water partition coefficient (Wildman–Crippen LogP) is 3.56. The number of hydrogen-bond acceptors (Lipinski definition) is 4. The van der Waals surface area contributed by atoms with Crippen LogP contribution in [0.5, 0.6) is 5.75 Å². The van der Waals surface area contributed by atoms with Crippen molar-refractivity contribution in [3.05, 3.63) is 60.0 Å². The quantitative estimate of drug-likeness (QED) is 0.793. The summed E-state index contributed by atoms with van der Waals surface area (Å²) in [7, 11) is 1.67. The van der Waals surface area contributed by atoms with Gasteiger partial charge in [-0.25, -0.2) is 0 Å². The van der Waals surface area contributed by atoms with E-state index in [-0.39, 0.29) is 0 Å². The Morgan fingerprint density at radius 1 is 1.10 bits per heavy atom. The first-order valence-corrected chi connectivity index (χ1v) is 6.84. The minimum Gasteiger partial charge on any atom is -0.497 e. The highest BCUT2D eigenvalue weighted by Crippen LogP contribution is 2.27. The van der Waals surface area contributed by atoms with Crippen molar-refractivity contribution in [3.63, 3.8) is 0 Å². The molecule has 1 N–H and O–H groups in total. The molecular formula is C17H17N3O. The predicted molar refractivity (Wildman–Crippen MR) is 84.6 cm³/mol. The van der Waals surface area contributed by atoms with Crippen LogP contribution in [0.1, 0.15) is 11.3 Å². The Labute approximate surface area is 123 Å². The van der Waals surface area contributed by atoms with Gasteiger partial charge in [0, 0.05) is 41.8 Å². The SMILES string of the molecule is COc1ccc2c(NCc3ccncc3)cc(C)nc2c1. The number of aromatic nitrogens is 2. The summed E-state index contributed by atoms with van der Waals surface area (Å²) in [5.41, 5.74) is 4.19. The summed E-state index contributed by atoms with van der Waals surface area (Å²) >= 11 is 0. The maximum Gasteiger partial charge on any atom is 0.121 e. The molecule has 4 nitrogen and oxygen atoms in total. The van der Waals surface area contributed by atoms with Gasteiger partial charge in [0.2, 0.25) is 0 Å². The first kappa shape index (κ1) is 13.4. The van der Waals surface area contributed by atoms with E-state index in [1.807, 2.05) is 37.3 Å². The first-order valence-electron chi connectivity index (χ1n) is 6.84. The number of pyridine rings is 2. The molecule has 3 aromatic rings. The van der Waals surface area contributed by atoms with E-state index in [4.69, 9.17) is 4.74 Å². The van der Waals surface area contributed by atoms with Gasteiger partial charge in [-0.3, -0.25) is 9.97 Å². The van der Waals surface area contributed by atoms with Crippen molar-refractivity contribution in [2.24, 2.45) is 0 Å². The van der Waals surface area contributed by atoms with Crippen LogP contribution in [0.15, 0.2) is 48.8 Å². The standard InChI is InChI=1S/C17H17N3O/c1-12-9-16(19-11-13-5-7-18-8-6-13)15-4-3-14(21-2)10-17(15)20-12/h3-10H,11H2,1-2H3,(H,19,20). The Bertz CT molecular complexity index is 757. The third-order valence-electron chi connectivity index (χ3n) is 3.38. The molecule has 0 amide bonds. The lowest BCUT2D eigenvalue weighted by molar-refractivity contribution is 0.415. The molecule has 4 heteroatoms. The molecule has 0 atom stereocenters. The van der Waals surface area contributed by atoms with E-state index in [1.54, 1.807) is 19.5 Å². The molecule has 1 aromatic carbocycles. The maximum absolute atomic E-state index is 5.26. The largest absolute Gasteiger partial charge is 0.497 e. The Kier molecular flexibility index (Phi) is 3.69. The van der Waals surface area contributed by atoms with Gasteiger partial charge in [-0.05, 0) is 42.8 Å². The second-order valence-electron chi connectivity index (χ2n) is 4.90. The van der Waals surface area contributed by atoms with Crippen LogP contribution in [0.3, 0.4) is 0 Å². The molecule has 0 spiro atoms. The Balaban J connectivity index is 1.94. The number of ether oxygens (including phenoxy) is 1. The lowest BCUT2D eigenvalue weighted by atomic mass is 10.1. The zero-order chi connectivity index (χ0) is 14.7. The molecule has 0 unspecified atom stereocenters. The van der Waals surface area contributed by atoms with Crippen molar-refractivity contribution in [1.29, 1.82) is 0 Å². The van der Waals surface area contributed by atoms with Gasteiger partial charge >= 0.3 is 0 Å². The van der Waals surface area contributed by atoms with Crippen molar-refractivity contribution >= 4 is 16.6 Å². The zero-order valence-corrected chi connectivity index (χ0v) is 12.1. The van der Waals surface area contributed by atoms with Crippen LogP contribution >= 0.6 is 0 Å². The topological polar surface area (TPSA) is 47.0 Å². The fourth-order valence-electron chi connectivity index (χ4n) is 2.31. The Hall–Kier alpha value is -2.62. The minimum atomic E-state index is 0.757. The third kappa shape index (κ3) is 2.94. The monoisotopic (exact) mass is 279 g/mol. The summed E-state index contributed by atoms with van der Waals surface area (Å²) in [6.45, 7) is 2.75. The summed E-state index contributed by atoms with van der Waals surface area (Å²) in [6, 6.07) is 12.0. The van der Waals surface area contributed by atoms with E-state index in [0.29, 0.717) is 0 Å². The van der Waals surface area contributed by atoms with Gasteiger partial charge in [-0.15, -0.1) is 0 Å². The number of aryl methyl sites for hydroxylation is 1. The number of methoxy groups -OCH3 is 1. The van der Waals surface area contributed by atoms with E-state index in [2.05, 4.69) is 21.4 Å². The molecule has 106 valence electrons. The normalized spacial score (nSPS) is 10.6. The van der Waals surface area contributed by atoms with Crippen molar-refractivity contribution in [2.75, 3.05) is 12.4 Å². The molecule has 0 aliphatic carbocycles. The van der Waals surface area contributed by atoms with Crippen molar-refractivity contribution in [2.45, 2.75) is 13.5 Å². The Morgan fingerprint density at radius 2 is 1.90 bits per heavy atom. The molecule has 21 heavy (non-hydrogen) atoms. The van der Waals surface area contributed by atoms with Crippen molar-refractivity contribution in [1.82, 2.24) is 9.97 Å². The molecule has 0 aliphatic rings. The fourth-order valence-corrected chi connectivity index (χ4v) is 2.31. The molecule has 3 rings (SSSR count). The summed E-state index contributed by atoms with van der Waals surface area (Å²) < 4.78 is 5.26. The maximum atomic E-state index is 5.26. The minimum absolute atomic E-state index is 0.757. The van der Waals surface area contributed by atoms with Gasteiger partial charge in [0.25, 0.3) is 0 Å². The number of rotatable bonds is 4. The number of nitrogens with one attached hydrogen (secondary N) is 1. The van der Waals surface area contributed by atoms with Crippen LogP contribution in [0.2, 0.25) is 0 Å². The highest BCUT2D eigenvalue weighted by molar-refractivity contribution is 5.92. The first-order chi connectivity index (χ1) is 10.3. The van der Waals surface area contributed by atoms with Crippen LogP contribution in [0.4, 0.5) is 5.69 Å². The van der Waals surface area contributed by atoms with Crippen LogP contribution in [0.25, 0.3) is 10.9 Å².